The van der Waals surface area contributed by atoms with Crippen LogP contribution >= 0.6 is 0 Å². The lowest BCUT2D eigenvalue weighted by atomic mass is 9.84. The van der Waals surface area contributed by atoms with Crippen molar-refractivity contribution in [2.75, 3.05) is 0 Å². The van der Waals surface area contributed by atoms with Crippen molar-refractivity contribution in [1.29, 1.82) is 0 Å². The SMILES string of the molecule is CC=N/C=C(\C)S(=O)(=O)NCc1ccc(C(C)(C)C(=O)O)cc1. The Hall–Kier alpha value is -1.99. The molecule has 0 spiro atoms. The molecule has 0 atom stereocenters. The van der Waals surface area contributed by atoms with Gasteiger partial charge in [-0.15, -0.1) is 0 Å². The fourth-order valence-corrected chi connectivity index (χ4v) is 2.49. The Balaban J connectivity index is 2.83. The van der Waals surface area contributed by atoms with Crippen molar-refractivity contribution >= 4 is 22.2 Å². The van der Waals surface area contributed by atoms with E-state index in [-0.39, 0.29) is 11.4 Å². The van der Waals surface area contributed by atoms with E-state index in [1.54, 1.807) is 45.0 Å². The number of aliphatic carboxylic acids is 1. The van der Waals surface area contributed by atoms with Crippen LogP contribution in [-0.4, -0.2) is 25.7 Å². The number of hydrogen-bond donors (Lipinski definition) is 2. The fraction of sp³-hybridized carbons (Fsp3) is 0.375. The van der Waals surface area contributed by atoms with Crippen LogP contribution < -0.4 is 4.72 Å². The molecule has 1 rings (SSSR count). The summed E-state index contributed by atoms with van der Waals surface area (Å²) < 4.78 is 26.5. The van der Waals surface area contributed by atoms with Crippen LogP contribution in [-0.2, 0) is 26.8 Å². The summed E-state index contributed by atoms with van der Waals surface area (Å²) in [6.45, 7) is 6.53. The van der Waals surface area contributed by atoms with Gasteiger partial charge in [-0.25, -0.2) is 13.1 Å². The van der Waals surface area contributed by atoms with Gasteiger partial charge in [0.2, 0.25) is 10.0 Å². The molecule has 0 saturated heterocycles. The second-order valence-electron chi connectivity index (χ2n) is 5.60. The lowest BCUT2D eigenvalue weighted by molar-refractivity contribution is -0.142. The summed E-state index contributed by atoms with van der Waals surface area (Å²) in [4.78, 5) is 15.1. The molecule has 7 heteroatoms. The summed E-state index contributed by atoms with van der Waals surface area (Å²) in [5, 5.41) is 9.20. The topological polar surface area (TPSA) is 95.8 Å². The van der Waals surface area contributed by atoms with Gasteiger partial charge in [-0.3, -0.25) is 9.79 Å². The van der Waals surface area contributed by atoms with Gasteiger partial charge < -0.3 is 5.11 Å². The molecule has 126 valence electrons. The van der Waals surface area contributed by atoms with Gasteiger partial charge in [0.25, 0.3) is 0 Å². The first kappa shape index (κ1) is 19.1. The van der Waals surface area contributed by atoms with Crippen LogP contribution in [0.25, 0.3) is 0 Å². The van der Waals surface area contributed by atoms with Crippen LogP contribution in [0.5, 0.6) is 0 Å². The standard InChI is InChI=1S/C16H22N2O4S/c1-5-17-10-12(2)23(21,22)18-11-13-6-8-14(9-7-13)16(3,4)15(19)20/h5-10,18H,11H2,1-4H3,(H,19,20)/b12-10+,17-5?. The first-order chi connectivity index (χ1) is 10.6. The molecule has 0 aliphatic carbocycles. The van der Waals surface area contributed by atoms with Crippen LogP contribution in [0.15, 0.2) is 40.4 Å². The van der Waals surface area contributed by atoms with E-state index in [1.807, 2.05) is 0 Å². The van der Waals surface area contributed by atoms with E-state index in [9.17, 15) is 18.3 Å². The van der Waals surface area contributed by atoms with Crippen LogP contribution in [0.3, 0.4) is 0 Å². The molecule has 6 nitrogen and oxygen atoms in total. The number of carboxylic acids is 1. The minimum absolute atomic E-state index is 0.122. The number of carbonyl (C=O) groups is 1. The number of carboxylic acid groups (broad SMARTS) is 1. The number of hydrogen-bond acceptors (Lipinski definition) is 4. The first-order valence-electron chi connectivity index (χ1n) is 7.08. The summed E-state index contributed by atoms with van der Waals surface area (Å²) in [5.41, 5.74) is 0.408. The van der Waals surface area contributed by atoms with Crippen molar-refractivity contribution in [2.45, 2.75) is 39.7 Å². The zero-order valence-electron chi connectivity index (χ0n) is 13.7. The number of nitrogens with zero attached hydrogens (tertiary/aromatic N) is 1. The van der Waals surface area contributed by atoms with E-state index in [4.69, 9.17) is 0 Å². The van der Waals surface area contributed by atoms with Gasteiger partial charge in [0, 0.05) is 19.0 Å². The molecule has 0 bridgehead atoms. The molecule has 1 aromatic carbocycles. The normalized spacial score (nSPS) is 13.5. The molecule has 0 aliphatic rings. The van der Waals surface area contributed by atoms with Gasteiger partial charge in [0.05, 0.1) is 10.3 Å². The average Bonchev–Trinajstić information content (AvgIpc) is 2.50. The van der Waals surface area contributed by atoms with Crippen molar-refractivity contribution in [3.63, 3.8) is 0 Å². The number of sulfonamides is 1. The third kappa shape index (κ3) is 5.01. The third-order valence-corrected chi connectivity index (χ3v) is 4.98. The largest absolute Gasteiger partial charge is 0.481 e. The Morgan fingerprint density at radius 3 is 2.35 bits per heavy atom. The minimum Gasteiger partial charge on any atom is -0.481 e. The zero-order chi connectivity index (χ0) is 17.7. The number of rotatable bonds is 7. The molecule has 0 aromatic heterocycles. The lowest BCUT2D eigenvalue weighted by Crippen LogP contribution is -2.28. The van der Waals surface area contributed by atoms with Crippen LogP contribution in [0.4, 0.5) is 0 Å². The summed E-state index contributed by atoms with van der Waals surface area (Å²) in [5.74, 6) is -0.914. The first-order valence-corrected chi connectivity index (χ1v) is 8.56. The van der Waals surface area contributed by atoms with E-state index in [1.165, 1.54) is 19.3 Å². The molecule has 2 N–H and O–H groups in total. The Morgan fingerprint density at radius 2 is 1.87 bits per heavy atom. The highest BCUT2D eigenvalue weighted by molar-refractivity contribution is 7.93. The lowest BCUT2D eigenvalue weighted by Gasteiger charge is -2.19. The summed E-state index contributed by atoms with van der Waals surface area (Å²) >= 11 is 0. The average molecular weight is 338 g/mol. The zero-order valence-corrected chi connectivity index (χ0v) is 14.5. The maximum atomic E-state index is 12.0. The van der Waals surface area contributed by atoms with Crippen LogP contribution in [0, 0.1) is 0 Å². The van der Waals surface area contributed by atoms with Crippen molar-refractivity contribution in [3.05, 3.63) is 46.5 Å². The highest BCUT2D eigenvalue weighted by Gasteiger charge is 2.29. The van der Waals surface area contributed by atoms with Crippen molar-refractivity contribution < 1.29 is 18.3 Å². The van der Waals surface area contributed by atoms with E-state index in [0.717, 1.165) is 5.56 Å². The van der Waals surface area contributed by atoms with Gasteiger partial charge in [-0.1, -0.05) is 24.3 Å². The molecule has 0 radical (unpaired) electrons. The van der Waals surface area contributed by atoms with E-state index in [0.29, 0.717) is 5.56 Å². The monoisotopic (exact) mass is 338 g/mol. The predicted octanol–water partition coefficient (Wildman–Crippen LogP) is 2.42. The molecule has 0 heterocycles. The quantitative estimate of drug-likeness (QED) is 0.746. The van der Waals surface area contributed by atoms with E-state index in [2.05, 4.69) is 9.71 Å². The third-order valence-electron chi connectivity index (χ3n) is 3.51. The van der Waals surface area contributed by atoms with Gasteiger partial charge in [0.1, 0.15) is 0 Å². The molecule has 23 heavy (non-hydrogen) atoms. The molecule has 1 aromatic rings. The van der Waals surface area contributed by atoms with E-state index < -0.39 is 21.4 Å². The molecule has 0 amide bonds. The van der Waals surface area contributed by atoms with Crippen LogP contribution in [0.1, 0.15) is 38.8 Å². The second-order valence-corrected chi connectivity index (χ2v) is 7.54. The second kappa shape index (κ2) is 7.52. The van der Waals surface area contributed by atoms with E-state index >= 15 is 0 Å². The molecule has 0 unspecified atom stereocenters. The van der Waals surface area contributed by atoms with Crippen LogP contribution in [0.2, 0.25) is 0 Å². The smallest absolute Gasteiger partial charge is 0.313 e. The summed E-state index contributed by atoms with van der Waals surface area (Å²) in [6.07, 6.45) is 2.78. The Labute approximate surface area is 137 Å². The molecule has 0 saturated carbocycles. The Morgan fingerprint density at radius 1 is 1.30 bits per heavy atom. The highest BCUT2D eigenvalue weighted by Crippen LogP contribution is 2.23. The van der Waals surface area contributed by atoms with Gasteiger partial charge in [-0.05, 0) is 38.8 Å². The summed E-state index contributed by atoms with van der Waals surface area (Å²) in [7, 11) is -3.58. The Bertz CT molecular complexity index is 717. The Kier molecular flexibility index (Phi) is 6.23. The van der Waals surface area contributed by atoms with Crippen molar-refractivity contribution in [2.24, 2.45) is 4.99 Å². The number of benzene rings is 1. The maximum Gasteiger partial charge on any atom is 0.313 e. The maximum absolute atomic E-state index is 12.0. The van der Waals surface area contributed by atoms with Gasteiger partial charge in [0.15, 0.2) is 0 Å². The van der Waals surface area contributed by atoms with Crippen molar-refractivity contribution in [3.8, 4) is 0 Å². The summed E-state index contributed by atoms with van der Waals surface area (Å²) in [6, 6.07) is 6.82. The predicted molar refractivity (Wildman–Crippen MR) is 90.8 cm³/mol. The number of aliphatic imine (C=N–C) groups is 1. The molecular weight excluding hydrogens is 316 g/mol. The van der Waals surface area contributed by atoms with Gasteiger partial charge in [-0.2, -0.15) is 0 Å². The molecule has 0 aliphatic heterocycles. The molecule has 0 fully saturated rings. The van der Waals surface area contributed by atoms with Crippen molar-refractivity contribution in [1.82, 2.24) is 4.72 Å². The molecular formula is C16H22N2O4S. The van der Waals surface area contributed by atoms with Gasteiger partial charge >= 0.3 is 5.97 Å². The number of allylic oxidation sites excluding steroid dienone is 1. The fourth-order valence-electron chi connectivity index (χ4n) is 1.70. The minimum atomic E-state index is -3.58. The number of nitrogens with one attached hydrogen (secondary N) is 1. The highest BCUT2D eigenvalue weighted by atomic mass is 32.2.